The fraction of sp³-hybridized carbons (Fsp3) is 0.320. The minimum atomic E-state index is -0.278. The van der Waals surface area contributed by atoms with Gasteiger partial charge in [-0.15, -0.1) is 12.4 Å². The zero-order valence-corrected chi connectivity index (χ0v) is 18.9. The van der Waals surface area contributed by atoms with Crippen LogP contribution in [0.5, 0.6) is 5.75 Å². The standard InChI is InChI=1S/C25H30N2O2.ClH/c1-18(19-10-6-5-7-11-19)26-16-22-21-13-9-8-12-20(21)14-15-23(22)29-17-24(28)27-25(2,3)4;/h5-15,18,26H,16-17H2,1-4H3,(H,27,28);1H. The molecule has 160 valence electrons. The lowest BCUT2D eigenvalue weighted by Crippen LogP contribution is -2.43. The lowest BCUT2D eigenvalue weighted by Gasteiger charge is -2.21. The third kappa shape index (κ3) is 6.48. The highest BCUT2D eigenvalue weighted by Gasteiger charge is 2.16. The lowest BCUT2D eigenvalue weighted by atomic mass is 10.0. The minimum absolute atomic E-state index is 0. The van der Waals surface area contributed by atoms with Crippen molar-refractivity contribution in [2.75, 3.05) is 6.61 Å². The normalized spacial score (nSPS) is 12.1. The minimum Gasteiger partial charge on any atom is -0.483 e. The van der Waals surface area contributed by atoms with Crippen LogP contribution in [-0.2, 0) is 11.3 Å². The number of carbonyl (C=O) groups is 1. The number of halogens is 1. The summed E-state index contributed by atoms with van der Waals surface area (Å²) in [6.45, 7) is 8.67. The van der Waals surface area contributed by atoms with Gasteiger partial charge < -0.3 is 15.4 Å². The number of amides is 1. The zero-order valence-electron chi connectivity index (χ0n) is 18.1. The van der Waals surface area contributed by atoms with Crippen molar-refractivity contribution < 1.29 is 9.53 Å². The van der Waals surface area contributed by atoms with Crippen molar-refractivity contribution in [2.24, 2.45) is 0 Å². The molecule has 1 atom stereocenters. The zero-order chi connectivity index (χ0) is 20.9. The highest BCUT2D eigenvalue weighted by atomic mass is 35.5. The van der Waals surface area contributed by atoms with E-state index in [2.05, 4.69) is 41.8 Å². The molecule has 0 spiro atoms. The van der Waals surface area contributed by atoms with Gasteiger partial charge in [0.2, 0.25) is 0 Å². The second kappa shape index (κ2) is 10.5. The van der Waals surface area contributed by atoms with E-state index < -0.39 is 0 Å². The predicted octanol–water partition coefficient (Wildman–Crippen LogP) is 5.41. The number of hydrogen-bond donors (Lipinski definition) is 2. The molecule has 30 heavy (non-hydrogen) atoms. The summed E-state index contributed by atoms with van der Waals surface area (Å²) in [6.07, 6.45) is 0. The van der Waals surface area contributed by atoms with E-state index >= 15 is 0 Å². The quantitative estimate of drug-likeness (QED) is 0.531. The summed E-state index contributed by atoms with van der Waals surface area (Å²) in [5.41, 5.74) is 2.02. The van der Waals surface area contributed by atoms with Gasteiger partial charge in [0, 0.05) is 23.7 Å². The van der Waals surface area contributed by atoms with Crippen molar-refractivity contribution in [2.45, 2.75) is 45.8 Å². The Bertz CT molecular complexity index is 968. The summed E-state index contributed by atoms with van der Waals surface area (Å²) in [5, 5.41) is 8.82. The molecule has 0 fully saturated rings. The molecule has 0 radical (unpaired) electrons. The van der Waals surface area contributed by atoms with Crippen LogP contribution in [0, 0.1) is 0 Å². The van der Waals surface area contributed by atoms with Gasteiger partial charge in [-0.25, -0.2) is 0 Å². The second-order valence-electron chi connectivity index (χ2n) is 8.36. The lowest BCUT2D eigenvalue weighted by molar-refractivity contribution is -0.124. The molecule has 5 heteroatoms. The summed E-state index contributed by atoms with van der Waals surface area (Å²) in [6, 6.07) is 22.8. The molecule has 4 nitrogen and oxygen atoms in total. The first-order chi connectivity index (χ1) is 13.8. The highest BCUT2D eigenvalue weighted by molar-refractivity contribution is 5.88. The molecule has 0 aliphatic heterocycles. The number of benzene rings is 3. The predicted molar refractivity (Wildman–Crippen MR) is 126 cm³/mol. The molecule has 0 aliphatic carbocycles. The average molecular weight is 427 g/mol. The van der Waals surface area contributed by atoms with Gasteiger partial charge in [-0.3, -0.25) is 4.79 Å². The largest absolute Gasteiger partial charge is 0.483 e. The van der Waals surface area contributed by atoms with E-state index in [0.29, 0.717) is 6.54 Å². The van der Waals surface area contributed by atoms with Crippen LogP contribution in [0.2, 0.25) is 0 Å². The van der Waals surface area contributed by atoms with E-state index in [0.717, 1.165) is 22.1 Å². The molecular weight excluding hydrogens is 396 g/mol. The maximum Gasteiger partial charge on any atom is 0.258 e. The van der Waals surface area contributed by atoms with Crippen molar-refractivity contribution in [3.05, 3.63) is 77.9 Å². The van der Waals surface area contributed by atoms with Crippen LogP contribution in [0.4, 0.5) is 0 Å². The van der Waals surface area contributed by atoms with E-state index in [-0.39, 0.29) is 36.5 Å². The molecule has 0 heterocycles. The van der Waals surface area contributed by atoms with Crippen molar-refractivity contribution in [1.82, 2.24) is 10.6 Å². The van der Waals surface area contributed by atoms with Crippen LogP contribution in [0.15, 0.2) is 66.7 Å². The van der Waals surface area contributed by atoms with Gasteiger partial charge >= 0.3 is 0 Å². The van der Waals surface area contributed by atoms with E-state index in [1.807, 2.05) is 63.2 Å². The van der Waals surface area contributed by atoms with Crippen molar-refractivity contribution >= 4 is 29.1 Å². The smallest absolute Gasteiger partial charge is 0.258 e. The van der Waals surface area contributed by atoms with Gasteiger partial charge in [-0.1, -0.05) is 60.7 Å². The third-order valence-corrected chi connectivity index (χ3v) is 4.76. The Morgan fingerprint density at radius 3 is 2.33 bits per heavy atom. The van der Waals surface area contributed by atoms with Crippen molar-refractivity contribution in [1.29, 1.82) is 0 Å². The van der Waals surface area contributed by atoms with Gasteiger partial charge in [0.05, 0.1) is 0 Å². The molecule has 1 unspecified atom stereocenters. The first-order valence-electron chi connectivity index (χ1n) is 10.1. The van der Waals surface area contributed by atoms with Crippen LogP contribution in [0.1, 0.15) is 44.9 Å². The van der Waals surface area contributed by atoms with Gasteiger partial charge in [0.15, 0.2) is 6.61 Å². The Hall–Kier alpha value is -2.56. The van der Waals surface area contributed by atoms with Gasteiger partial charge in [-0.2, -0.15) is 0 Å². The summed E-state index contributed by atoms with van der Waals surface area (Å²) >= 11 is 0. The third-order valence-electron chi connectivity index (χ3n) is 4.76. The number of rotatable bonds is 7. The first-order valence-corrected chi connectivity index (χ1v) is 10.1. The van der Waals surface area contributed by atoms with Crippen LogP contribution in [-0.4, -0.2) is 18.1 Å². The first kappa shape index (κ1) is 23.7. The van der Waals surface area contributed by atoms with Crippen LogP contribution < -0.4 is 15.4 Å². The highest BCUT2D eigenvalue weighted by Crippen LogP contribution is 2.29. The molecule has 3 rings (SSSR count). The molecule has 1 amide bonds. The Balaban J connectivity index is 0.00000320. The molecular formula is C25H31ClN2O2. The van der Waals surface area contributed by atoms with Crippen molar-refractivity contribution in [3.63, 3.8) is 0 Å². The van der Waals surface area contributed by atoms with E-state index in [1.54, 1.807) is 0 Å². The molecule has 3 aromatic carbocycles. The average Bonchev–Trinajstić information content (AvgIpc) is 2.70. The Morgan fingerprint density at radius 1 is 0.967 bits per heavy atom. The fourth-order valence-corrected chi connectivity index (χ4v) is 3.35. The van der Waals surface area contributed by atoms with Crippen LogP contribution >= 0.6 is 12.4 Å². The van der Waals surface area contributed by atoms with E-state index in [1.165, 1.54) is 5.56 Å². The summed E-state index contributed by atoms with van der Waals surface area (Å²) in [7, 11) is 0. The van der Waals surface area contributed by atoms with Gasteiger partial charge in [-0.05, 0) is 50.1 Å². The van der Waals surface area contributed by atoms with Crippen LogP contribution in [0.3, 0.4) is 0 Å². The maximum absolute atomic E-state index is 12.2. The number of nitrogens with one attached hydrogen (secondary N) is 2. The van der Waals surface area contributed by atoms with Gasteiger partial charge in [0.25, 0.3) is 5.91 Å². The Labute approximate surface area is 185 Å². The number of fused-ring (bicyclic) bond motifs is 1. The SMILES string of the molecule is CC(NCc1c(OCC(=O)NC(C)(C)C)ccc2ccccc12)c1ccccc1.Cl. The van der Waals surface area contributed by atoms with E-state index in [9.17, 15) is 4.79 Å². The molecule has 0 aliphatic rings. The number of ether oxygens (including phenoxy) is 1. The Morgan fingerprint density at radius 2 is 1.63 bits per heavy atom. The molecule has 0 saturated carbocycles. The fourth-order valence-electron chi connectivity index (χ4n) is 3.35. The second-order valence-corrected chi connectivity index (χ2v) is 8.36. The van der Waals surface area contributed by atoms with Gasteiger partial charge in [0.1, 0.15) is 5.75 Å². The molecule has 2 N–H and O–H groups in total. The maximum atomic E-state index is 12.2. The van der Waals surface area contributed by atoms with Crippen molar-refractivity contribution in [3.8, 4) is 5.75 Å². The summed E-state index contributed by atoms with van der Waals surface area (Å²) < 4.78 is 5.94. The summed E-state index contributed by atoms with van der Waals surface area (Å²) in [4.78, 5) is 12.2. The molecule has 0 saturated heterocycles. The monoisotopic (exact) mass is 426 g/mol. The summed E-state index contributed by atoms with van der Waals surface area (Å²) in [5.74, 6) is 0.614. The molecule has 3 aromatic rings. The van der Waals surface area contributed by atoms with E-state index in [4.69, 9.17) is 4.74 Å². The number of carbonyl (C=O) groups excluding carboxylic acids is 1. The molecule has 0 bridgehead atoms. The molecule has 0 aromatic heterocycles. The topological polar surface area (TPSA) is 50.4 Å². The number of hydrogen-bond acceptors (Lipinski definition) is 3. The Kier molecular flexibility index (Phi) is 8.27. The van der Waals surface area contributed by atoms with Crippen LogP contribution in [0.25, 0.3) is 10.8 Å².